The Morgan fingerprint density at radius 1 is 1.20 bits per heavy atom. The summed E-state index contributed by atoms with van der Waals surface area (Å²) in [5.41, 5.74) is 2.79. The third-order valence-corrected chi connectivity index (χ3v) is 3.02. The van der Waals surface area contributed by atoms with Gasteiger partial charge < -0.3 is 9.72 Å². The largest absolute Gasteiger partial charge is 0.374 e. The van der Waals surface area contributed by atoms with E-state index in [0.29, 0.717) is 24.7 Å². The van der Waals surface area contributed by atoms with Crippen molar-refractivity contribution in [3.63, 3.8) is 0 Å². The number of H-pyrrole nitrogens is 1. The summed E-state index contributed by atoms with van der Waals surface area (Å²) in [6, 6.07) is 9.71. The van der Waals surface area contributed by atoms with E-state index in [1.54, 1.807) is 0 Å². The average Bonchev–Trinajstić information content (AvgIpc) is 2.46. The quantitative estimate of drug-likeness (QED) is 0.879. The van der Waals surface area contributed by atoms with Gasteiger partial charge in [-0.1, -0.05) is 37.6 Å². The van der Waals surface area contributed by atoms with Crippen LogP contribution in [-0.4, -0.2) is 16.6 Å². The van der Waals surface area contributed by atoms with Crippen LogP contribution in [0.3, 0.4) is 0 Å². The van der Waals surface area contributed by atoms with E-state index in [2.05, 4.69) is 29.0 Å². The van der Waals surface area contributed by atoms with Crippen molar-refractivity contribution >= 4 is 0 Å². The fourth-order valence-corrected chi connectivity index (χ4v) is 2.05. The molecule has 1 aromatic carbocycles. The molecule has 2 rings (SSSR count). The van der Waals surface area contributed by atoms with Crippen molar-refractivity contribution in [3.8, 4) is 11.3 Å². The molecule has 0 saturated carbocycles. The van der Waals surface area contributed by atoms with Crippen LogP contribution in [0, 0.1) is 0 Å². The highest BCUT2D eigenvalue weighted by Crippen LogP contribution is 2.17. The van der Waals surface area contributed by atoms with Crippen molar-refractivity contribution in [2.75, 3.05) is 6.61 Å². The van der Waals surface area contributed by atoms with Gasteiger partial charge in [-0.15, -0.1) is 0 Å². The van der Waals surface area contributed by atoms with Gasteiger partial charge in [-0.05, 0) is 18.9 Å². The Balaban J connectivity index is 2.27. The molecule has 0 amide bonds. The lowest BCUT2D eigenvalue weighted by Gasteiger charge is -2.06. The Morgan fingerprint density at radius 3 is 2.60 bits per heavy atom. The topological polar surface area (TPSA) is 55.0 Å². The minimum absolute atomic E-state index is 0.151. The van der Waals surface area contributed by atoms with Gasteiger partial charge in [0, 0.05) is 18.2 Å². The van der Waals surface area contributed by atoms with Crippen molar-refractivity contribution in [2.24, 2.45) is 0 Å². The zero-order valence-electron chi connectivity index (χ0n) is 12.0. The lowest BCUT2D eigenvalue weighted by atomic mass is 10.1. The number of hydrogen-bond donors (Lipinski definition) is 1. The molecule has 0 unspecified atom stereocenters. The van der Waals surface area contributed by atoms with Crippen molar-refractivity contribution in [1.29, 1.82) is 0 Å². The van der Waals surface area contributed by atoms with Crippen molar-refractivity contribution in [2.45, 2.75) is 33.3 Å². The number of benzene rings is 1. The molecule has 0 aliphatic rings. The predicted molar refractivity (Wildman–Crippen MR) is 79.6 cm³/mol. The van der Waals surface area contributed by atoms with Crippen LogP contribution in [0.1, 0.15) is 31.7 Å². The normalized spacial score (nSPS) is 10.7. The third kappa shape index (κ3) is 3.78. The van der Waals surface area contributed by atoms with Crippen molar-refractivity contribution in [3.05, 3.63) is 52.1 Å². The molecule has 0 radical (unpaired) electrons. The van der Waals surface area contributed by atoms with Gasteiger partial charge in [-0.2, -0.15) is 0 Å². The maximum atomic E-state index is 11.7. The molecule has 0 saturated heterocycles. The molecule has 106 valence electrons. The minimum atomic E-state index is -0.151. The van der Waals surface area contributed by atoms with Gasteiger partial charge in [0.05, 0.1) is 5.69 Å². The summed E-state index contributed by atoms with van der Waals surface area (Å²) in [7, 11) is 0. The van der Waals surface area contributed by atoms with E-state index in [4.69, 9.17) is 4.74 Å². The molecule has 4 heteroatoms. The maximum absolute atomic E-state index is 11.7. The monoisotopic (exact) mass is 272 g/mol. The van der Waals surface area contributed by atoms with E-state index >= 15 is 0 Å². The first-order valence-corrected chi connectivity index (χ1v) is 7.00. The van der Waals surface area contributed by atoms with Crippen LogP contribution in [-0.2, 0) is 17.8 Å². The third-order valence-electron chi connectivity index (χ3n) is 3.02. The summed E-state index contributed by atoms with van der Waals surface area (Å²) in [6.07, 6.45) is 2.19. The molecule has 0 spiro atoms. The first kappa shape index (κ1) is 14.5. The van der Waals surface area contributed by atoms with Crippen LogP contribution >= 0.6 is 0 Å². The second kappa shape index (κ2) is 7.01. The fraction of sp³-hybridized carbons (Fsp3) is 0.375. The van der Waals surface area contributed by atoms with E-state index in [1.165, 1.54) is 11.6 Å². The second-order valence-corrected chi connectivity index (χ2v) is 4.66. The molecule has 1 heterocycles. The zero-order valence-corrected chi connectivity index (χ0v) is 12.0. The molecular formula is C16H20N2O2. The number of ether oxygens (including phenoxy) is 1. The fourth-order valence-electron chi connectivity index (χ4n) is 2.05. The molecule has 2 aromatic rings. The SMILES string of the molecule is CCCc1ccc(-c2cc(=O)[nH]c(COCC)n2)cc1. The molecule has 0 aliphatic heterocycles. The molecule has 1 N–H and O–H groups in total. The maximum Gasteiger partial charge on any atom is 0.251 e. The Kier molecular flexibility index (Phi) is 5.07. The molecule has 4 nitrogen and oxygen atoms in total. The van der Waals surface area contributed by atoms with Gasteiger partial charge >= 0.3 is 0 Å². The van der Waals surface area contributed by atoms with Crippen LogP contribution in [0.15, 0.2) is 35.1 Å². The van der Waals surface area contributed by atoms with Crippen LogP contribution < -0.4 is 5.56 Å². The Labute approximate surface area is 118 Å². The summed E-state index contributed by atoms with van der Waals surface area (Å²) in [6.45, 7) is 4.99. The zero-order chi connectivity index (χ0) is 14.4. The van der Waals surface area contributed by atoms with Crippen LogP contribution in [0.2, 0.25) is 0 Å². The van der Waals surface area contributed by atoms with E-state index in [0.717, 1.165) is 18.4 Å². The van der Waals surface area contributed by atoms with Crippen LogP contribution in [0.25, 0.3) is 11.3 Å². The van der Waals surface area contributed by atoms with Gasteiger partial charge in [-0.25, -0.2) is 4.98 Å². The standard InChI is InChI=1S/C16H20N2O2/c1-3-5-12-6-8-13(9-7-12)14-10-16(19)18-15(17-14)11-20-4-2/h6-10H,3-5,11H2,1-2H3,(H,17,18,19). The lowest BCUT2D eigenvalue weighted by molar-refractivity contribution is 0.128. The highest BCUT2D eigenvalue weighted by atomic mass is 16.5. The van der Waals surface area contributed by atoms with Gasteiger partial charge in [0.1, 0.15) is 12.4 Å². The smallest absolute Gasteiger partial charge is 0.251 e. The Hall–Kier alpha value is -1.94. The second-order valence-electron chi connectivity index (χ2n) is 4.66. The van der Waals surface area contributed by atoms with Gasteiger partial charge in [-0.3, -0.25) is 4.79 Å². The summed E-state index contributed by atoms with van der Waals surface area (Å²) in [5.74, 6) is 0.562. The van der Waals surface area contributed by atoms with E-state index < -0.39 is 0 Å². The Bertz CT molecular complexity index is 603. The first-order valence-electron chi connectivity index (χ1n) is 7.00. The van der Waals surface area contributed by atoms with Crippen LogP contribution in [0.4, 0.5) is 0 Å². The number of aromatic amines is 1. The number of aromatic nitrogens is 2. The minimum Gasteiger partial charge on any atom is -0.374 e. The molecule has 0 aliphatic carbocycles. The van der Waals surface area contributed by atoms with Gasteiger partial charge in [0.2, 0.25) is 0 Å². The molecule has 0 atom stereocenters. The summed E-state index contributed by atoms with van der Waals surface area (Å²) in [5, 5.41) is 0. The molecule has 1 aromatic heterocycles. The lowest BCUT2D eigenvalue weighted by Crippen LogP contribution is -2.12. The number of aryl methyl sites for hydroxylation is 1. The predicted octanol–water partition coefficient (Wildman–Crippen LogP) is 2.93. The molecule has 0 bridgehead atoms. The Morgan fingerprint density at radius 2 is 1.95 bits per heavy atom. The van der Waals surface area contributed by atoms with Crippen molar-refractivity contribution in [1.82, 2.24) is 9.97 Å². The molecular weight excluding hydrogens is 252 g/mol. The van der Waals surface area contributed by atoms with Crippen molar-refractivity contribution < 1.29 is 4.74 Å². The number of nitrogens with one attached hydrogen (secondary N) is 1. The highest BCUT2D eigenvalue weighted by molar-refractivity contribution is 5.58. The summed E-state index contributed by atoms with van der Waals surface area (Å²) in [4.78, 5) is 18.8. The van der Waals surface area contributed by atoms with Gasteiger partial charge in [0.15, 0.2) is 0 Å². The highest BCUT2D eigenvalue weighted by Gasteiger charge is 2.04. The van der Waals surface area contributed by atoms with E-state index in [1.807, 2.05) is 19.1 Å². The first-order chi connectivity index (χ1) is 9.72. The summed E-state index contributed by atoms with van der Waals surface area (Å²) >= 11 is 0. The molecule has 0 fully saturated rings. The number of nitrogens with zero attached hydrogens (tertiary/aromatic N) is 1. The number of hydrogen-bond acceptors (Lipinski definition) is 3. The van der Waals surface area contributed by atoms with E-state index in [-0.39, 0.29) is 5.56 Å². The average molecular weight is 272 g/mol. The number of rotatable bonds is 6. The summed E-state index contributed by atoms with van der Waals surface area (Å²) < 4.78 is 5.28. The van der Waals surface area contributed by atoms with E-state index in [9.17, 15) is 4.79 Å². The van der Waals surface area contributed by atoms with Crippen LogP contribution in [0.5, 0.6) is 0 Å². The molecule has 20 heavy (non-hydrogen) atoms. The van der Waals surface area contributed by atoms with Gasteiger partial charge in [0.25, 0.3) is 5.56 Å².